The van der Waals surface area contributed by atoms with Gasteiger partial charge in [0.25, 0.3) is 5.91 Å². The molecule has 0 aliphatic rings. The first kappa shape index (κ1) is 11.2. The van der Waals surface area contributed by atoms with Crippen molar-refractivity contribution in [1.82, 2.24) is 10.5 Å². The van der Waals surface area contributed by atoms with Crippen molar-refractivity contribution in [1.29, 1.82) is 0 Å². The summed E-state index contributed by atoms with van der Waals surface area (Å²) in [6.07, 6.45) is 1.58. The van der Waals surface area contributed by atoms with Crippen LogP contribution in [0.1, 0.15) is 10.4 Å². The second-order valence-electron chi connectivity index (χ2n) is 3.43. The minimum Gasteiger partial charge on any atom is -0.368 e. The summed E-state index contributed by atoms with van der Waals surface area (Å²) in [4.78, 5) is 29.7. The van der Waals surface area contributed by atoms with Crippen LogP contribution in [-0.4, -0.2) is 23.4 Å². The maximum Gasteiger partial charge on any atom is 0.277 e. The van der Waals surface area contributed by atoms with E-state index in [9.17, 15) is 9.59 Å². The van der Waals surface area contributed by atoms with Crippen molar-refractivity contribution in [2.75, 3.05) is 6.61 Å². The van der Waals surface area contributed by atoms with E-state index in [1.807, 2.05) is 24.3 Å². The summed E-state index contributed by atoms with van der Waals surface area (Å²) in [5, 5.41) is 0.785. The SMILES string of the molecule is NC(=O)CONC(=O)c1c[nH]c2ccccc12. The highest BCUT2D eigenvalue weighted by atomic mass is 16.7. The Morgan fingerprint density at radius 3 is 2.88 bits per heavy atom. The van der Waals surface area contributed by atoms with Gasteiger partial charge in [0.2, 0.25) is 5.91 Å². The van der Waals surface area contributed by atoms with Crippen LogP contribution >= 0.6 is 0 Å². The van der Waals surface area contributed by atoms with E-state index in [0.717, 1.165) is 10.9 Å². The molecule has 1 aromatic heterocycles. The molecule has 0 bridgehead atoms. The largest absolute Gasteiger partial charge is 0.368 e. The van der Waals surface area contributed by atoms with Crippen molar-refractivity contribution in [2.45, 2.75) is 0 Å². The Kier molecular flexibility index (Phi) is 3.06. The summed E-state index contributed by atoms with van der Waals surface area (Å²) in [7, 11) is 0. The summed E-state index contributed by atoms with van der Waals surface area (Å²) >= 11 is 0. The average molecular weight is 233 g/mol. The summed E-state index contributed by atoms with van der Waals surface area (Å²) in [5.74, 6) is -1.08. The molecular weight excluding hydrogens is 222 g/mol. The molecule has 0 spiro atoms. The fourth-order valence-electron chi connectivity index (χ4n) is 1.49. The molecule has 0 saturated carbocycles. The van der Waals surface area contributed by atoms with Crippen molar-refractivity contribution in [3.63, 3.8) is 0 Å². The topological polar surface area (TPSA) is 97.2 Å². The van der Waals surface area contributed by atoms with Crippen LogP contribution in [0.15, 0.2) is 30.5 Å². The third kappa shape index (κ3) is 2.43. The molecule has 2 amide bonds. The number of aromatic amines is 1. The van der Waals surface area contributed by atoms with Gasteiger partial charge in [0, 0.05) is 17.1 Å². The lowest BCUT2D eigenvalue weighted by molar-refractivity contribution is -0.124. The normalized spacial score (nSPS) is 10.4. The second kappa shape index (κ2) is 4.67. The molecule has 0 fully saturated rings. The number of nitrogens with one attached hydrogen (secondary N) is 2. The number of benzene rings is 1. The molecule has 1 heterocycles. The maximum atomic E-state index is 11.7. The standard InChI is InChI=1S/C11H11N3O3/c12-10(15)6-17-14-11(16)8-5-13-9-4-2-1-3-7(8)9/h1-5,13H,6H2,(H2,12,15)(H,14,16). The van der Waals surface area contributed by atoms with Crippen molar-refractivity contribution >= 4 is 22.7 Å². The predicted molar refractivity (Wildman–Crippen MR) is 60.9 cm³/mol. The fourth-order valence-corrected chi connectivity index (χ4v) is 1.49. The third-order valence-electron chi connectivity index (χ3n) is 2.21. The molecule has 17 heavy (non-hydrogen) atoms. The van der Waals surface area contributed by atoms with Gasteiger partial charge in [-0.15, -0.1) is 0 Å². The number of primary amides is 1. The highest BCUT2D eigenvalue weighted by Gasteiger charge is 2.11. The smallest absolute Gasteiger partial charge is 0.277 e. The number of fused-ring (bicyclic) bond motifs is 1. The Morgan fingerprint density at radius 2 is 2.12 bits per heavy atom. The molecular formula is C11H11N3O3. The van der Waals surface area contributed by atoms with Crippen molar-refractivity contribution in [2.24, 2.45) is 5.73 Å². The van der Waals surface area contributed by atoms with Crippen LogP contribution in [0.2, 0.25) is 0 Å². The molecule has 2 aromatic rings. The van der Waals surface area contributed by atoms with E-state index in [1.165, 1.54) is 0 Å². The van der Waals surface area contributed by atoms with Gasteiger partial charge in [0.15, 0.2) is 6.61 Å². The zero-order chi connectivity index (χ0) is 12.3. The number of hydrogen-bond donors (Lipinski definition) is 3. The van der Waals surface area contributed by atoms with Gasteiger partial charge in [-0.3, -0.25) is 14.4 Å². The van der Waals surface area contributed by atoms with Gasteiger partial charge in [-0.2, -0.15) is 0 Å². The molecule has 0 saturated heterocycles. The van der Waals surface area contributed by atoms with Crippen LogP contribution in [-0.2, 0) is 9.63 Å². The number of rotatable bonds is 4. The molecule has 0 aliphatic heterocycles. The van der Waals surface area contributed by atoms with Gasteiger partial charge in [-0.25, -0.2) is 5.48 Å². The van der Waals surface area contributed by atoms with Gasteiger partial charge in [0.1, 0.15) is 0 Å². The number of H-pyrrole nitrogens is 1. The lowest BCUT2D eigenvalue weighted by atomic mass is 10.2. The fraction of sp³-hybridized carbons (Fsp3) is 0.0909. The molecule has 0 atom stereocenters. The monoisotopic (exact) mass is 233 g/mol. The first-order valence-corrected chi connectivity index (χ1v) is 4.95. The molecule has 88 valence electrons. The summed E-state index contributed by atoms with van der Waals surface area (Å²) < 4.78 is 0. The molecule has 0 unspecified atom stereocenters. The number of nitrogens with two attached hydrogens (primary N) is 1. The van der Waals surface area contributed by atoms with E-state index in [4.69, 9.17) is 5.73 Å². The first-order chi connectivity index (χ1) is 8.18. The van der Waals surface area contributed by atoms with Crippen molar-refractivity contribution in [3.8, 4) is 0 Å². The summed E-state index contributed by atoms with van der Waals surface area (Å²) in [6.45, 7) is -0.353. The number of hydrogen-bond acceptors (Lipinski definition) is 3. The van der Waals surface area contributed by atoms with E-state index >= 15 is 0 Å². The maximum absolute atomic E-state index is 11.7. The average Bonchev–Trinajstić information content (AvgIpc) is 2.72. The van der Waals surface area contributed by atoms with E-state index in [0.29, 0.717) is 5.56 Å². The van der Waals surface area contributed by atoms with Gasteiger partial charge < -0.3 is 10.7 Å². The van der Waals surface area contributed by atoms with Gasteiger partial charge in [0.05, 0.1) is 5.56 Å². The Labute approximate surface area is 96.7 Å². The molecule has 0 radical (unpaired) electrons. The van der Waals surface area contributed by atoms with Crippen molar-refractivity contribution < 1.29 is 14.4 Å². The van der Waals surface area contributed by atoms with Crippen LogP contribution in [0, 0.1) is 0 Å². The second-order valence-corrected chi connectivity index (χ2v) is 3.43. The van der Waals surface area contributed by atoms with Gasteiger partial charge >= 0.3 is 0 Å². The minimum absolute atomic E-state index is 0.353. The molecule has 1 aromatic carbocycles. The number of carbonyl (C=O) groups is 2. The van der Waals surface area contributed by atoms with Crippen LogP contribution in [0.5, 0.6) is 0 Å². The lowest BCUT2D eigenvalue weighted by Gasteiger charge is -2.02. The van der Waals surface area contributed by atoms with Gasteiger partial charge in [-0.1, -0.05) is 18.2 Å². The van der Waals surface area contributed by atoms with Crippen LogP contribution in [0.25, 0.3) is 10.9 Å². The van der Waals surface area contributed by atoms with Crippen LogP contribution < -0.4 is 11.2 Å². The quantitative estimate of drug-likeness (QED) is 0.663. The Bertz CT molecular complexity index is 562. The summed E-state index contributed by atoms with van der Waals surface area (Å²) in [5.41, 5.74) is 8.32. The lowest BCUT2D eigenvalue weighted by Crippen LogP contribution is -2.29. The molecule has 0 aliphatic carbocycles. The van der Waals surface area contributed by atoms with Gasteiger partial charge in [-0.05, 0) is 6.07 Å². The van der Waals surface area contributed by atoms with E-state index in [-0.39, 0.29) is 6.61 Å². The highest BCUT2D eigenvalue weighted by molar-refractivity contribution is 6.06. The third-order valence-corrected chi connectivity index (χ3v) is 2.21. The Balaban J connectivity index is 2.11. The van der Waals surface area contributed by atoms with Crippen LogP contribution in [0.3, 0.4) is 0 Å². The van der Waals surface area contributed by atoms with E-state index in [2.05, 4.69) is 15.3 Å². The molecule has 6 heteroatoms. The molecule has 2 rings (SSSR count). The number of para-hydroxylation sites is 1. The Morgan fingerprint density at radius 1 is 1.35 bits per heavy atom. The van der Waals surface area contributed by atoms with E-state index < -0.39 is 11.8 Å². The number of amides is 2. The zero-order valence-electron chi connectivity index (χ0n) is 8.90. The highest BCUT2D eigenvalue weighted by Crippen LogP contribution is 2.17. The number of hydroxylamine groups is 1. The number of aromatic nitrogens is 1. The minimum atomic E-state index is -0.649. The van der Waals surface area contributed by atoms with Crippen molar-refractivity contribution in [3.05, 3.63) is 36.0 Å². The Hall–Kier alpha value is -2.34. The van der Waals surface area contributed by atoms with Crippen LogP contribution in [0.4, 0.5) is 0 Å². The first-order valence-electron chi connectivity index (χ1n) is 4.95. The van der Waals surface area contributed by atoms with E-state index in [1.54, 1.807) is 6.20 Å². The zero-order valence-corrected chi connectivity index (χ0v) is 8.90. The summed E-state index contributed by atoms with van der Waals surface area (Å²) in [6, 6.07) is 7.37. The predicted octanol–water partition coefficient (Wildman–Crippen LogP) is 0.315. The molecule has 6 nitrogen and oxygen atoms in total. The number of carbonyl (C=O) groups excluding carboxylic acids is 2. The molecule has 4 N–H and O–H groups in total.